The maximum atomic E-state index is 5.31. The Morgan fingerprint density at radius 2 is 2.27 bits per heavy atom. The number of benzene rings is 1. The molecule has 1 aromatic heterocycles. The van der Waals surface area contributed by atoms with Crippen molar-refractivity contribution < 1.29 is 0 Å². The van der Waals surface area contributed by atoms with Gasteiger partial charge in [-0.05, 0) is 43.1 Å². The molecule has 15 heavy (non-hydrogen) atoms. The molecular weight excluding hydrogens is 224 g/mol. The first-order valence-corrected chi connectivity index (χ1v) is 6.70. The van der Waals surface area contributed by atoms with Gasteiger partial charge in [-0.3, -0.25) is 0 Å². The Balaban J connectivity index is 2.53. The lowest BCUT2D eigenvalue weighted by Gasteiger charge is -2.02. The molecule has 1 N–H and O–H groups in total. The normalized spacial score (nSPS) is 11.1. The van der Waals surface area contributed by atoms with Gasteiger partial charge in [0.25, 0.3) is 0 Å². The summed E-state index contributed by atoms with van der Waals surface area (Å²) in [5.74, 6) is 1.09. The van der Waals surface area contributed by atoms with Gasteiger partial charge in [-0.25, -0.2) is 0 Å². The van der Waals surface area contributed by atoms with Crippen LogP contribution in [0.2, 0.25) is 0 Å². The predicted octanol–water partition coefficient (Wildman–Crippen LogP) is 3.37. The molecule has 2 nitrogen and oxygen atoms in total. The Hall–Kier alpha value is -0.740. The van der Waals surface area contributed by atoms with E-state index in [2.05, 4.69) is 40.9 Å². The number of aromatic nitrogens is 2. The van der Waals surface area contributed by atoms with Crippen molar-refractivity contribution in [2.24, 2.45) is 0 Å². The SMILES string of the molecule is CSCCn1c(=S)[nH]c2cc(C)ccc21. The van der Waals surface area contributed by atoms with E-state index in [1.807, 2.05) is 11.8 Å². The predicted molar refractivity (Wildman–Crippen MR) is 70.2 cm³/mol. The third-order valence-electron chi connectivity index (χ3n) is 2.45. The van der Waals surface area contributed by atoms with E-state index in [-0.39, 0.29) is 0 Å². The number of fused-ring (bicyclic) bond motifs is 1. The van der Waals surface area contributed by atoms with Gasteiger partial charge >= 0.3 is 0 Å². The summed E-state index contributed by atoms with van der Waals surface area (Å²) in [6.07, 6.45) is 2.11. The number of hydrogen-bond acceptors (Lipinski definition) is 2. The Morgan fingerprint density at radius 3 is 3.00 bits per heavy atom. The highest BCUT2D eigenvalue weighted by molar-refractivity contribution is 7.98. The second kappa shape index (κ2) is 4.41. The zero-order valence-corrected chi connectivity index (χ0v) is 10.5. The average Bonchev–Trinajstić information content (AvgIpc) is 2.50. The van der Waals surface area contributed by atoms with Crippen molar-refractivity contribution in [1.82, 2.24) is 9.55 Å². The van der Waals surface area contributed by atoms with Crippen LogP contribution < -0.4 is 0 Å². The van der Waals surface area contributed by atoms with Crippen LogP contribution in [0.4, 0.5) is 0 Å². The van der Waals surface area contributed by atoms with Crippen molar-refractivity contribution in [3.63, 3.8) is 0 Å². The number of imidazole rings is 1. The Morgan fingerprint density at radius 1 is 1.47 bits per heavy atom. The number of rotatable bonds is 3. The van der Waals surface area contributed by atoms with E-state index < -0.39 is 0 Å². The van der Waals surface area contributed by atoms with Crippen molar-refractivity contribution in [1.29, 1.82) is 0 Å². The highest BCUT2D eigenvalue weighted by atomic mass is 32.2. The molecule has 2 rings (SSSR count). The molecule has 0 radical (unpaired) electrons. The van der Waals surface area contributed by atoms with Crippen LogP contribution in [0.25, 0.3) is 11.0 Å². The van der Waals surface area contributed by atoms with Gasteiger partial charge in [0.1, 0.15) is 0 Å². The highest BCUT2D eigenvalue weighted by Gasteiger charge is 2.03. The van der Waals surface area contributed by atoms with Gasteiger partial charge in [0, 0.05) is 12.3 Å². The molecular formula is C11H14N2S2. The fourth-order valence-electron chi connectivity index (χ4n) is 1.68. The van der Waals surface area contributed by atoms with Crippen LogP contribution in [0.15, 0.2) is 18.2 Å². The number of H-pyrrole nitrogens is 1. The van der Waals surface area contributed by atoms with Gasteiger partial charge in [0.15, 0.2) is 4.77 Å². The van der Waals surface area contributed by atoms with E-state index in [1.165, 1.54) is 11.1 Å². The number of nitrogens with zero attached hydrogens (tertiary/aromatic N) is 1. The molecule has 0 fully saturated rings. The average molecular weight is 238 g/mol. The van der Waals surface area contributed by atoms with Gasteiger partial charge in [-0.1, -0.05) is 6.07 Å². The number of aryl methyl sites for hydroxylation is 2. The van der Waals surface area contributed by atoms with Gasteiger partial charge in [-0.2, -0.15) is 11.8 Å². The minimum absolute atomic E-state index is 0.824. The Labute approximate surface area is 98.7 Å². The number of thioether (sulfide) groups is 1. The van der Waals surface area contributed by atoms with Crippen molar-refractivity contribution in [3.05, 3.63) is 28.5 Å². The van der Waals surface area contributed by atoms with Gasteiger partial charge < -0.3 is 9.55 Å². The monoisotopic (exact) mass is 238 g/mol. The molecule has 0 spiro atoms. The van der Waals surface area contributed by atoms with Crippen LogP contribution in [-0.4, -0.2) is 21.6 Å². The maximum absolute atomic E-state index is 5.31. The fraction of sp³-hybridized carbons (Fsp3) is 0.364. The molecule has 1 heterocycles. The van der Waals surface area contributed by atoms with E-state index in [1.54, 1.807) is 0 Å². The lowest BCUT2D eigenvalue weighted by atomic mass is 10.2. The number of nitrogens with one attached hydrogen (secondary N) is 1. The lowest BCUT2D eigenvalue weighted by molar-refractivity contribution is 0.784. The molecule has 0 bridgehead atoms. The van der Waals surface area contributed by atoms with Crippen LogP contribution in [0.5, 0.6) is 0 Å². The third kappa shape index (κ3) is 2.11. The van der Waals surface area contributed by atoms with Crippen molar-refractivity contribution in [3.8, 4) is 0 Å². The van der Waals surface area contributed by atoms with Crippen LogP contribution in [0.3, 0.4) is 0 Å². The molecule has 1 aromatic carbocycles. The van der Waals surface area contributed by atoms with E-state index in [0.29, 0.717) is 0 Å². The first-order chi connectivity index (χ1) is 7.22. The molecule has 0 saturated carbocycles. The van der Waals surface area contributed by atoms with Gasteiger partial charge in [0.05, 0.1) is 11.0 Å². The summed E-state index contributed by atoms with van der Waals surface area (Å²) in [6, 6.07) is 6.40. The minimum atomic E-state index is 0.824. The lowest BCUT2D eigenvalue weighted by Crippen LogP contribution is -1.99. The molecule has 0 amide bonds. The van der Waals surface area contributed by atoms with Crippen molar-refractivity contribution >= 4 is 35.0 Å². The van der Waals surface area contributed by atoms with Crippen LogP contribution in [-0.2, 0) is 6.54 Å². The zero-order chi connectivity index (χ0) is 10.8. The van der Waals surface area contributed by atoms with E-state index in [4.69, 9.17) is 12.2 Å². The standard InChI is InChI=1S/C11H14N2S2/c1-8-3-4-10-9(7-8)12-11(14)13(10)5-6-15-2/h3-4,7H,5-6H2,1-2H3,(H,12,14). The quantitative estimate of drug-likeness (QED) is 0.828. The summed E-state index contributed by atoms with van der Waals surface area (Å²) >= 11 is 7.15. The molecule has 0 saturated heterocycles. The highest BCUT2D eigenvalue weighted by Crippen LogP contribution is 2.16. The first-order valence-electron chi connectivity index (χ1n) is 4.90. The Bertz CT molecular complexity index is 525. The molecule has 4 heteroatoms. The van der Waals surface area contributed by atoms with E-state index >= 15 is 0 Å². The fourth-order valence-corrected chi connectivity index (χ4v) is 2.35. The van der Waals surface area contributed by atoms with Gasteiger partial charge in [-0.15, -0.1) is 0 Å². The van der Waals surface area contributed by atoms with Crippen molar-refractivity contribution in [2.75, 3.05) is 12.0 Å². The summed E-state index contributed by atoms with van der Waals surface area (Å²) in [5.41, 5.74) is 3.61. The first kappa shape index (κ1) is 10.8. The van der Waals surface area contributed by atoms with Crippen molar-refractivity contribution in [2.45, 2.75) is 13.5 Å². The summed E-state index contributed by atoms with van der Waals surface area (Å²) in [7, 11) is 0. The van der Waals surface area contributed by atoms with Crippen LogP contribution >= 0.6 is 24.0 Å². The molecule has 80 valence electrons. The third-order valence-corrected chi connectivity index (χ3v) is 3.36. The molecule has 0 unspecified atom stereocenters. The second-order valence-corrected chi connectivity index (χ2v) is 4.97. The maximum Gasteiger partial charge on any atom is 0.178 e. The van der Waals surface area contributed by atoms with E-state index in [0.717, 1.165) is 22.6 Å². The second-order valence-electron chi connectivity index (χ2n) is 3.60. The zero-order valence-electron chi connectivity index (χ0n) is 8.91. The largest absolute Gasteiger partial charge is 0.331 e. The molecule has 0 aliphatic rings. The molecule has 0 atom stereocenters. The smallest absolute Gasteiger partial charge is 0.178 e. The minimum Gasteiger partial charge on any atom is -0.331 e. The molecule has 2 aromatic rings. The Kier molecular flexibility index (Phi) is 3.17. The summed E-state index contributed by atoms with van der Waals surface area (Å²) in [6.45, 7) is 3.07. The molecule has 0 aliphatic heterocycles. The summed E-state index contributed by atoms with van der Waals surface area (Å²) < 4.78 is 2.99. The van der Waals surface area contributed by atoms with Crippen LogP contribution in [0, 0.1) is 11.7 Å². The summed E-state index contributed by atoms with van der Waals surface area (Å²) in [5, 5.41) is 0. The number of hydrogen-bond donors (Lipinski definition) is 1. The van der Waals surface area contributed by atoms with E-state index in [9.17, 15) is 0 Å². The molecule has 0 aliphatic carbocycles. The topological polar surface area (TPSA) is 20.7 Å². The summed E-state index contributed by atoms with van der Waals surface area (Å²) in [4.78, 5) is 3.25. The van der Waals surface area contributed by atoms with Crippen LogP contribution in [0.1, 0.15) is 5.56 Å². The number of aromatic amines is 1. The van der Waals surface area contributed by atoms with Gasteiger partial charge in [0.2, 0.25) is 0 Å².